The van der Waals surface area contributed by atoms with Crippen LogP contribution in [0.1, 0.15) is 31.7 Å². The molecule has 0 radical (unpaired) electrons. The average molecular weight is 252 g/mol. The smallest absolute Gasteiger partial charge is 0.0408 e. The summed E-state index contributed by atoms with van der Waals surface area (Å²) in [6.45, 7) is 4.39. The number of hydrogen-bond donors (Lipinski definition) is 1. The quantitative estimate of drug-likeness (QED) is 0.809. The number of nitrogens with one attached hydrogen (secondary N) is 1. The van der Waals surface area contributed by atoms with E-state index in [1.54, 1.807) is 0 Å². The minimum absolute atomic E-state index is 0.780. The molecule has 1 aromatic carbocycles. The van der Waals surface area contributed by atoms with E-state index >= 15 is 0 Å². The fourth-order valence-electron chi connectivity index (χ4n) is 2.61. The van der Waals surface area contributed by atoms with Gasteiger partial charge >= 0.3 is 0 Å². The van der Waals surface area contributed by atoms with Gasteiger partial charge in [0.1, 0.15) is 0 Å². The Balaban J connectivity index is 1.95. The van der Waals surface area contributed by atoms with Crippen molar-refractivity contribution in [3.05, 3.63) is 34.9 Å². The predicted molar refractivity (Wildman–Crippen MR) is 74.5 cm³/mol. The van der Waals surface area contributed by atoms with Gasteiger partial charge in [0.2, 0.25) is 0 Å². The minimum Gasteiger partial charge on any atom is -0.317 e. The van der Waals surface area contributed by atoms with Crippen LogP contribution in [-0.2, 0) is 6.42 Å². The van der Waals surface area contributed by atoms with E-state index in [1.807, 2.05) is 6.07 Å². The van der Waals surface area contributed by atoms with Crippen molar-refractivity contribution in [2.75, 3.05) is 13.1 Å². The summed E-state index contributed by atoms with van der Waals surface area (Å²) in [6.07, 6.45) is 5.41. The summed E-state index contributed by atoms with van der Waals surface area (Å²) in [5, 5.41) is 4.36. The normalized spacial score (nSPS) is 17.8. The van der Waals surface area contributed by atoms with Crippen LogP contribution in [0.5, 0.6) is 0 Å². The first kappa shape index (κ1) is 12.9. The van der Waals surface area contributed by atoms with Crippen molar-refractivity contribution in [2.24, 2.45) is 11.8 Å². The summed E-state index contributed by atoms with van der Waals surface area (Å²) in [5.74, 6) is 1.70. The monoisotopic (exact) mass is 251 g/mol. The van der Waals surface area contributed by atoms with Crippen molar-refractivity contribution in [1.82, 2.24) is 5.32 Å². The maximum Gasteiger partial charge on any atom is 0.0408 e. The Morgan fingerprint density at radius 2 is 2.24 bits per heavy atom. The zero-order valence-corrected chi connectivity index (χ0v) is 11.3. The Labute approximate surface area is 110 Å². The molecule has 0 aliphatic heterocycles. The lowest BCUT2D eigenvalue weighted by Gasteiger charge is -2.34. The molecule has 1 fully saturated rings. The maximum atomic E-state index is 6.04. The van der Waals surface area contributed by atoms with E-state index in [0.717, 1.165) is 36.4 Å². The zero-order valence-electron chi connectivity index (χ0n) is 10.6. The SMILES string of the molecule is CCNCC(Cc1cccc(Cl)c1)C1CCC1. The number of rotatable bonds is 6. The molecular formula is C15H22ClN. The minimum atomic E-state index is 0.780. The van der Waals surface area contributed by atoms with Crippen LogP contribution in [0.15, 0.2) is 24.3 Å². The molecule has 1 nitrogen and oxygen atoms in total. The highest BCUT2D eigenvalue weighted by molar-refractivity contribution is 6.30. The zero-order chi connectivity index (χ0) is 12.1. The molecule has 1 aliphatic carbocycles. The molecule has 0 aromatic heterocycles. The second kappa shape index (κ2) is 6.42. The van der Waals surface area contributed by atoms with Gasteiger partial charge in [-0.3, -0.25) is 0 Å². The lowest BCUT2D eigenvalue weighted by atomic mass is 9.73. The molecule has 1 aromatic rings. The largest absolute Gasteiger partial charge is 0.317 e. The van der Waals surface area contributed by atoms with Crippen LogP contribution in [0.2, 0.25) is 5.02 Å². The maximum absolute atomic E-state index is 6.04. The molecule has 1 saturated carbocycles. The third-order valence-corrected chi connectivity index (χ3v) is 4.10. The van der Waals surface area contributed by atoms with Crippen LogP contribution in [0, 0.1) is 11.8 Å². The van der Waals surface area contributed by atoms with Crippen LogP contribution < -0.4 is 5.32 Å². The summed E-state index contributed by atoms with van der Waals surface area (Å²) < 4.78 is 0. The first-order valence-corrected chi connectivity index (χ1v) is 7.12. The molecule has 0 amide bonds. The summed E-state index contributed by atoms with van der Waals surface area (Å²) in [7, 11) is 0. The van der Waals surface area contributed by atoms with Crippen LogP contribution in [0.3, 0.4) is 0 Å². The van der Waals surface area contributed by atoms with Gasteiger partial charge in [0.15, 0.2) is 0 Å². The summed E-state index contributed by atoms with van der Waals surface area (Å²) in [5.41, 5.74) is 1.38. The molecule has 0 heterocycles. The van der Waals surface area contributed by atoms with Crippen LogP contribution in [0.4, 0.5) is 0 Å². The second-order valence-corrected chi connectivity index (χ2v) is 5.53. The molecular weight excluding hydrogens is 230 g/mol. The van der Waals surface area contributed by atoms with E-state index in [1.165, 1.54) is 24.8 Å². The third-order valence-electron chi connectivity index (χ3n) is 3.86. The third kappa shape index (κ3) is 3.72. The van der Waals surface area contributed by atoms with E-state index < -0.39 is 0 Å². The molecule has 17 heavy (non-hydrogen) atoms. The Morgan fingerprint density at radius 1 is 1.41 bits per heavy atom. The van der Waals surface area contributed by atoms with Crippen molar-refractivity contribution in [1.29, 1.82) is 0 Å². The number of halogens is 1. The van der Waals surface area contributed by atoms with Gasteiger partial charge in [-0.15, -0.1) is 0 Å². The van der Waals surface area contributed by atoms with Gasteiger partial charge in [-0.05, 0) is 49.0 Å². The van der Waals surface area contributed by atoms with Gasteiger partial charge in [0.25, 0.3) is 0 Å². The Kier molecular flexibility index (Phi) is 4.87. The molecule has 1 aliphatic rings. The van der Waals surface area contributed by atoms with Crippen molar-refractivity contribution < 1.29 is 0 Å². The lowest BCUT2D eigenvalue weighted by Crippen LogP contribution is -2.33. The van der Waals surface area contributed by atoms with E-state index in [4.69, 9.17) is 11.6 Å². The van der Waals surface area contributed by atoms with Crippen molar-refractivity contribution in [3.8, 4) is 0 Å². The van der Waals surface area contributed by atoms with Gasteiger partial charge in [-0.1, -0.05) is 49.9 Å². The Bertz CT molecular complexity index is 347. The summed E-state index contributed by atoms with van der Waals surface area (Å²) >= 11 is 6.04. The van der Waals surface area contributed by atoms with Crippen molar-refractivity contribution in [2.45, 2.75) is 32.6 Å². The standard InChI is InChI=1S/C15H22ClN/c1-2-17-11-14(13-6-4-7-13)9-12-5-3-8-15(16)10-12/h3,5,8,10,13-14,17H,2,4,6-7,9,11H2,1H3. The summed E-state index contributed by atoms with van der Waals surface area (Å²) in [4.78, 5) is 0. The van der Waals surface area contributed by atoms with Gasteiger partial charge < -0.3 is 5.32 Å². The second-order valence-electron chi connectivity index (χ2n) is 5.09. The van der Waals surface area contributed by atoms with Crippen molar-refractivity contribution >= 4 is 11.6 Å². The highest BCUT2D eigenvalue weighted by Crippen LogP contribution is 2.35. The molecule has 94 valence electrons. The van der Waals surface area contributed by atoms with Gasteiger partial charge in [-0.2, -0.15) is 0 Å². The fourth-order valence-corrected chi connectivity index (χ4v) is 2.83. The van der Waals surface area contributed by atoms with Crippen LogP contribution in [0.25, 0.3) is 0 Å². The predicted octanol–water partition coefficient (Wildman–Crippen LogP) is 3.91. The molecule has 1 N–H and O–H groups in total. The van der Waals surface area contributed by atoms with E-state index in [-0.39, 0.29) is 0 Å². The number of benzene rings is 1. The van der Waals surface area contributed by atoms with E-state index in [0.29, 0.717) is 0 Å². The Morgan fingerprint density at radius 3 is 2.82 bits per heavy atom. The van der Waals surface area contributed by atoms with Crippen molar-refractivity contribution in [3.63, 3.8) is 0 Å². The summed E-state index contributed by atoms with van der Waals surface area (Å²) in [6, 6.07) is 8.32. The number of hydrogen-bond acceptors (Lipinski definition) is 1. The van der Waals surface area contributed by atoms with E-state index in [2.05, 4.69) is 30.4 Å². The Hall–Kier alpha value is -0.530. The highest BCUT2D eigenvalue weighted by Gasteiger charge is 2.26. The first-order chi connectivity index (χ1) is 8.29. The molecule has 1 unspecified atom stereocenters. The first-order valence-electron chi connectivity index (χ1n) is 6.74. The highest BCUT2D eigenvalue weighted by atomic mass is 35.5. The van der Waals surface area contributed by atoms with Crippen LogP contribution >= 0.6 is 11.6 Å². The van der Waals surface area contributed by atoms with Gasteiger partial charge in [0.05, 0.1) is 0 Å². The molecule has 1 atom stereocenters. The van der Waals surface area contributed by atoms with Gasteiger partial charge in [0, 0.05) is 5.02 Å². The van der Waals surface area contributed by atoms with Crippen LogP contribution in [-0.4, -0.2) is 13.1 Å². The molecule has 0 spiro atoms. The average Bonchev–Trinajstić information content (AvgIpc) is 2.23. The fraction of sp³-hybridized carbons (Fsp3) is 0.600. The molecule has 0 saturated heterocycles. The lowest BCUT2D eigenvalue weighted by molar-refractivity contribution is 0.200. The van der Waals surface area contributed by atoms with E-state index in [9.17, 15) is 0 Å². The topological polar surface area (TPSA) is 12.0 Å². The molecule has 0 bridgehead atoms. The van der Waals surface area contributed by atoms with Gasteiger partial charge in [-0.25, -0.2) is 0 Å². The molecule has 2 rings (SSSR count). The molecule has 2 heteroatoms.